The molecule has 1 aromatic carbocycles. The minimum absolute atomic E-state index is 0.241. The third-order valence-electron chi connectivity index (χ3n) is 3.03. The largest absolute Gasteiger partial charge is 0.459 e. The second kappa shape index (κ2) is 6.47. The van der Waals surface area contributed by atoms with Crippen molar-refractivity contribution in [1.29, 1.82) is 0 Å². The lowest BCUT2D eigenvalue weighted by Gasteiger charge is -2.12. The van der Waals surface area contributed by atoms with Crippen LogP contribution in [0, 0.1) is 0 Å². The Kier molecular flexibility index (Phi) is 4.92. The molecule has 1 N–H and O–H groups in total. The Morgan fingerprint density at radius 2 is 1.95 bits per heavy atom. The molecule has 2 aromatic rings. The zero-order valence-electron chi connectivity index (χ0n) is 11.0. The lowest BCUT2D eigenvalue weighted by atomic mass is 10.1. The topological polar surface area (TPSA) is 25.2 Å². The van der Waals surface area contributed by atoms with Crippen molar-refractivity contribution < 1.29 is 4.42 Å². The summed E-state index contributed by atoms with van der Waals surface area (Å²) < 4.78 is 5.91. The highest BCUT2D eigenvalue weighted by molar-refractivity contribution is 6.36. The quantitative estimate of drug-likeness (QED) is 0.808. The molecule has 4 heteroatoms. The minimum atomic E-state index is 0.241. The van der Waals surface area contributed by atoms with Gasteiger partial charge in [0.2, 0.25) is 0 Å². The van der Waals surface area contributed by atoms with Gasteiger partial charge in [0.05, 0.1) is 11.1 Å². The molecule has 0 radical (unpaired) electrons. The zero-order chi connectivity index (χ0) is 13.8. The molecule has 19 heavy (non-hydrogen) atoms. The van der Waals surface area contributed by atoms with Crippen molar-refractivity contribution in [2.24, 2.45) is 0 Å². The number of benzene rings is 1. The predicted molar refractivity (Wildman–Crippen MR) is 80.9 cm³/mol. The third-order valence-corrected chi connectivity index (χ3v) is 3.57. The summed E-state index contributed by atoms with van der Waals surface area (Å²) in [6.45, 7) is 5.13. The Hall–Kier alpha value is -0.960. The number of rotatable bonds is 5. The second-order valence-corrected chi connectivity index (χ2v) is 5.19. The summed E-state index contributed by atoms with van der Waals surface area (Å²) in [5.74, 6) is 1.71. The highest BCUT2D eigenvalue weighted by Crippen LogP contribution is 2.33. The van der Waals surface area contributed by atoms with Crippen molar-refractivity contribution in [3.63, 3.8) is 0 Å². The molecule has 1 atom stereocenters. The molecule has 0 saturated carbocycles. The van der Waals surface area contributed by atoms with E-state index in [0.29, 0.717) is 10.0 Å². The van der Waals surface area contributed by atoms with Crippen LogP contribution in [0.4, 0.5) is 0 Å². The molecule has 0 spiro atoms. The minimum Gasteiger partial charge on any atom is -0.459 e. The molecule has 1 aromatic heterocycles. The Balaban J connectivity index is 2.29. The van der Waals surface area contributed by atoms with E-state index in [-0.39, 0.29) is 6.04 Å². The summed E-state index contributed by atoms with van der Waals surface area (Å²) >= 11 is 12.1. The fraction of sp³-hybridized carbons (Fsp3) is 0.333. The van der Waals surface area contributed by atoms with Gasteiger partial charge in [-0.15, -0.1) is 0 Å². The molecule has 0 bridgehead atoms. The fourth-order valence-electron chi connectivity index (χ4n) is 2.07. The van der Waals surface area contributed by atoms with Gasteiger partial charge in [-0.1, -0.05) is 37.0 Å². The summed E-state index contributed by atoms with van der Waals surface area (Å²) in [6, 6.07) is 9.60. The number of halogens is 2. The summed E-state index contributed by atoms with van der Waals surface area (Å²) in [7, 11) is 0. The number of nitrogens with one attached hydrogen (secondary N) is 1. The normalized spacial score (nSPS) is 12.6. The van der Waals surface area contributed by atoms with Gasteiger partial charge in [-0.05, 0) is 43.3 Å². The molecule has 102 valence electrons. The molecular weight excluding hydrogens is 281 g/mol. The van der Waals surface area contributed by atoms with Crippen molar-refractivity contribution in [3.05, 3.63) is 46.1 Å². The zero-order valence-corrected chi connectivity index (χ0v) is 12.6. The van der Waals surface area contributed by atoms with Crippen LogP contribution in [-0.4, -0.2) is 6.54 Å². The van der Waals surface area contributed by atoms with E-state index in [2.05, 4.69) is 19.2 Å². The molecule has 0 saturated heterocycles. The lowest BCUT2D eigenvalue weighted by molar-refractivity contribution is 0.417. The smallest absolute Gasteiger partial charge is 0.135 e. The summed E-state index contributed by atoms with van der Waals surface area (Å²) in [5.41, 5.74) is 0.865. The average Bonchev–Trinajstić information content (AvgIpc) is 2.85. The molecule has 0 aliphatic carbocycles. The SMILES string of the molecule is CCNC(CC)c1ccc(-c2ccc(Cl)cc2Cl)o1. The Morgan fingerprint density at radius 1 is 1.16 bits per heavy atom. The van der Waals surface area contributed by atoms with Crippen molar-refractivity contribution in [2.75, 3.05) is 6.54 Å². The van der Waals surface area contributed by atoms with Gasteiger partial charge in [0.1, 0.15) is 11.5 Å². The second-order valence-electron chi connectivity index (χ2n) is 4.34. The van der Waals surface area contributed by atoms with Gasteiger partial charge in [-0.2, -0.15) is 0 Å². The van der Waals surface area contributed by atoms with E-state index >= 15 is 0 Å². The van der Waals surface area contributed by atoms with Crippen LogP contribution >= 0.6 is 23.2 Å². The highest BCUT2D eigenvalue weighted by atomic mass is 35.5. The van der Waals surface area contributed by atoms with E-state index in [4.69, 9.17) is 27.6 Å². The van der Waals surface area contributed by atoms with Crippen LogP contribution in [0.15, 0.2) is 34.7 Å². The fourth-order valence-corrected chi connectivity index (χ4v) is 2.57. The summed E-state index contributed by atoms with van der Waals surface area (Å²) in [6.07, 6.45) is 0.981. The van der Waals surface area contributed by atoms with E-state index in [1.807, 2.05) is 24.3 Å². The molecule has 0 aliphatic heterocycles. The van der Waals surface area contributed by atoms with Crippen LogP contribution in [0.1, 0.15) is 32.1 Å². The monoisotopic (exact) mass is 297 g/mol. The van der Waals surface area contributed by atoms with Crippen LogP contribution in [0.25, 0.3) is 11.3 Å². The van der Waals surface area contributed by atoms with Crippen LogP contribution in [-0.2, 0) is 0 Å². The predicted octanol–water partition coefficient (Wildman–Crippen LogP) is 5.31. The number of hydrogen-bond acceptors (Lipinski definition) is 2. The van der Waals surface area contributed by atoms with Gasteiger partial charge >= 0.3 is 0 Å². The van der Waals surface area contributed by atoms with E-state index in [1.165, 1.54) is 0 Å². The summed E-state index contributed by atoms with van der Waals surface area (Å²) in [5, 5.41) is 4.62. The van der Waals surface area contributed by atoms with Crippen LogP contribution in [0.5, 0.6) is 0 Å². The van der Waals surface area contributed by atoms with Gasteiger partial charge in [0.15, 0.2) is 0 Å². The van der Waals surface area contributed by atoms with E-state index in [1.54, 1.807) is 6.07 Å². The van der Waals surface area contributed by atoms with Crippen LogP contribution in [0.2, 0.25) is 10.0 Å². The number of furan rings is 1. The van der Waals surface area contributed by atoms with Gasteiger partial charge in [0, 0.05) is 10.6 Å². The Bertz CT molecular complexity index is 551. The number of hydrogen-bond donors (Lipinski definition) is 1. The van der Waals surface area contributed by atoms with Gasteiger partial charge in [0.25, 0.3) is 0 Å². The van der Waals surface area contributed by atoms with E-state index < -0.39 is 0 Å². The first-order chi connectivity index (χ1) is 9.15. The summed E-state index contributed by atoms with van der Waals surface area (Å²) in [4.78, 5) is 0. The van der Waals surface area contributed by atoms with E-state index in [0.717, 1.165) is 30.0 Å². The van der Waals surface area contributed by atoms with Crippen LogP contribution in [0.3, 0.4) is 0 Å². The first kappa shape index (κ1) is 14.4. The Labute approximate surface area is 123 Å². The van der Waals surface area contributed by atoms with Crippen molar-refractivity contribution >= 4 is 23.2 Å². The van der Waals surface area contributed by atoms with E-state index in [9.17, 15) is 0 Å². The molecule has 0 fully saturated rings. The standard InChI is InChI=1S/C15H17Cl2NO/c1-3-13(18-4-2)15-8-7-14(19-15)11-6-5-10(16)9-12(11)17/h5-9,13,18H,3-4H2,1-2H3. The first-order valence-electron chi connectivity index (χ1n) is 6.44. The van der Waals surface area contributed by atoms with Crippen molar-refractivity contribution in [1.82, 2.24) is 5.32 Å². The van der Waals surface area contributed by atoms with Gasteiger partial charge in [-0.25, -0.2) is 0 Å². The van der Waals surface area contributed by atoms with Gasteiger partial charge < -0.3 is 9.73 Å². The highest BCUT2D eigenvalue weighted by Gasteiger charge is 2.14. The molecular formula is C15H17Cl2NO. The van der Waals surface area contributed by atoms with Gasteiger partial charge in [-0.3, -0.25) is 0 Å². The molecule has 1 unspecified atom stereocenters. The lowest BCUT2D eigenvalue weighted by Crippen LogP contribution is -2.19. The van der Waals surface area contributed by atoms with Crippen molar-refractivity contribution in [2.45, 2.75) is 26.3 Å². The first-order valence-corrected chi connectivity index (χ1v) is 7.19. The molecule has 0 amide bonds. The van der Waals surface area contributed by atoms with Crippen molar-refractivity contribution in [3.8, 4) is 11.3 Å². The maximum Gasteiger partial charge on any atom is 0.135 e. The molecule has 2 rings (SSSR count). The van der Waals surface area contributed by atoms with Crippen LogP contribution < -0.4 is 5.32 Å². The molecule has 1 heterocycles. The third kappa shape index (κ3) is 3.33. The molecule has 0 aliphatic rings. The Morgan fingerprint density at radius 3 is 2.58 bits per heavy atom. The maximum atomic E-state index is 6.19. The molecule has 2 nitrogen and oxygen atoms in total. The average molecular weight is 298 g/mol. The maximum absolute atomic E-state index is 6.19.